The number of pyridine rings is 1. The number of ketones is 1. The highest BCUT2D eigenvalue weighted by Gasteiger charge is 2.12. The molecule has 0 aliphatic heterocycles. The minimum atomic E-state index is 0.0155. The number of carbonyl (C=O) groups excluding carboxylic acids is 1. The van der Waals surface area contributed by atoms with E-state index in [1.54, 1.807) is 0 Å². The number of hydrogen-bond acceptors (Lipinski definition) is 3. The molecule has 1 aromatic heterocycles. The van der Waals surface area contributed by atoms with E-state index in [0.29, 0.717) is 17.2 Å². The Bertz CT molecular complexity index is 577. The molecule has 0 amide bonds. The topological polar surface area (TPSA) is 42.0 Å². The summed E-state index contributed by atoms with van der Waals surface area (Å²) < 4.78 is 0. The van der Waals surface area contributed by atoms with Gasteiger partial charge in [-0.15, -0.1) is 0 Å². The van der Waals surface area contributed by atoms with Gasteiger partial charge in [0.05, 0.1) is 5.69 Å². The lowest BCUT2D eigenvalue weighted by Gasteiger charge is -2.11. The Kier molecular flexibility index (Phi) is 3.95. The molecule has 0 aliphatic carbocycles. The van der Waals surface area contributed by atoms with Gasteiger partial charge in [-0.25, -0.2) is 4.98 Å². The summed E-state index contributed by atoms with van der Waals surface area (Å²) in [6.07, 6.45) is 0. The molecule has 0 radical (unpaired) electrons. The van der Waals surface area contributed by atoms with Crippen LogP contribution in [0.15, 0.2) is 42.5 Å². The van der Waals surface area contributed by atoms with Crippen molar-refractivity contribution in [3.8, 4) is 0 Å². The van der Waals surface area contributed by atoms with Gasteiger partial charge in [-0.05, 0) is 32.9 Å². The van der Waals surface area contributed by atoms with Crippen LogP contribution in [0.3, 0.4) is 0 Å². The van der Waals surface area contributed by atoms with Crippen LogP contribution in [0, 0.1) is 6.92 Å². The van der Waals surface area contributed by atoms with Gasteiger partial charge in [0.15, 0.2) is 5.78 Å². The van der Waals surface area contributed by atoms with Gasteiger partial charge in [0.2, 0.25) is 0 Å². The third kappa shape index (κ3) is 3.19. The summed E-state index contributed by atoms with van der Waals surface area (Å²) in [6, 6.07) is 13.3. The van der Waals surface area contributed by atoms with Crippen molar-refractivity contribution in [1.82, 2.24) is 4.98 Å². The van der Waals surface area contributed by atoms with Crippen molar-refractivity contribution in [2.24, 2.45) is 0 Å². The molecule has 0 saturated heterocycles. The lowest BCUT2D eigenvalue weighted by molar-refractivity contribution is 0.103. The van der Waals surface area contributed by atoms with Gasteiger partial charge in [-0.3, -0.25) is 4.79 Å². The zero-order valence-corrected chi connectivity index (χ0v) is 11.5. The van der Waals surface area contributed by atoms with Crippen molar-refractivity contribution in [3.05, 3.63) is 59.3 Å². The molecule has 1 heterocycles. The van der Waals surface area contributed by atoms with E-state index in [4.69, 9.17) is 0 Å². The lowest BCUT2D eigenvalue weighted by Crippen LogP contribution is -2.13. The number of hydrogen-bond donors (Lipinski definition) is 1. The monoisotopic (exact) mass is 254 g/mol. The van der Waals surface area contributed by atoms with Crippen LogP contribution in [0.2, 0.25) is 0 Å². The van der Waals surface area contributed by atoms with E-state index in [1.807, 2.05) is 49.4 Å². The van der Waals surface area contributed by atoms with E-state index in [0.717, 1.165) is 11.5 Å². The number of nitrogens with zero attached hydrogens (tertiary/aromatic N) is 1. The first-order chi connectivity index (χ1) is 9.08. The normalized spacial score (nSPS) is 10.5. The molecule has 98 valence electrons. The number of aryl methyl sites for hydroxylation is 1. The number of aromatic nitrogens is 1. The smallest absolute Gasteiger partial charge is 0.194 e. The highest BCUT2D eigenvalue weighted by atomic mass is 16.1. The Balaban J connectivity index is 2.29. The molecule has 19 heavy (non-hydrogen) atoms. The molecule has 1 aromatic carbocycles. The number of anilines is 1. The predicted molar refractivity (Wildman–Crippen MR) is 77.6 cm³/mol. The number of carbonyl (C=O) groups is 1. The number of nitrogens with one attached hydrogen (secondary N) is 1. The van der Waals surface area contributed by atoms with Crippen LogP contribution >= 0.6 is 0 Å². The molecule has 1 N–H and O–H groups in total. The molecule has 3 heteroatoms. The van der Waals surface area contributed by atoms with E-state index in [2.05, 4.69) is 24.1 Å². The van der Waals surface area contributed by atoms with E-state index >= 15 is 0 Å². The predicted octanol–water partition coefficient (Wildman–Crippen LogP) is 3.44. The molecule has 0 aliphatic rings. The second-order valence-corrected chi connectivity index (χ2v) is 4.82. The second-order valence-electron chi connectivity index (χ2n) is 4.82. The third-order valence-corrected chi connectivity index (χ3v) is 2.80. The first-order valence-corrected chi connectivity index (χ1v) is 6.42. The first-order valence-electron chi connectivity index (χ1n) is 6.42. The molecule has 0 unspecified atom stereocenters. The van der Waals surface area contributed by atoms with Crippen LogP contribution < -0.4 is 5.32 Å². The Hall–Kier alpha value is -2.16. The van der Waals surface area contributed by atoms with Crippen molar-refractivity contribution >= 4 is 11.6 Å². The van der Waals surface area contributed by atoms with Crippen molar-refractivity contribution in [2.75, 3.05) is 5.32 Å². The van der Waals surface area contributed by atoms with Crippen molar-refractivity contribution in [2.45, 2.75) is 26.8 Å². The highest BCUT2D eigenvalue weighted by molar-refractivity contribution is 6.09. The number of rotatable bonds is 4. The van der Waals surface area contributed by atoms with Crippen LogP contribution in [0.25, 0.3) is 0 Å². The molecule has 0 bridgehead atoms. The maximum Gasteiger partial charge on any atom is 0.194 e. The second kappa shape index (κ2) is 5.65. The van der Waals surface area contributed by atoms with Crippen molar-refractivity contribution in [1.29, 1.82) is 0 Å². The Morgan fingerprint density at radius 3 is 2.37 bits per heavy atom. The molecule has 0 saturated carbocycles. The van der Waals surface area contributed by atoms with Crippen LogP contribution in [-0.4, -0.2) is 16.8 Å². The zero-order valence-electron chi connectivity index (χ0n) is 11.5. The average molecular weight is 254 g/mol. The maximum atomic E-state index is 12.3. The Morgan fingerprint density at radius 1 is 1.11 bits per heavy atom. The fourth-order valence-corrected chi connectivity index (χ4v) is 1.92. The van der Waals surface area contributed by atoms with Gasteiger partial charge >= 0.3 is 0 Å². The largest absolute Gasteiger partial charge is 0.368 e. The van der Waals surface area contributed by atoms with E-state index < -0.39 is 0 Å². The fourth-order valence-electron chi connectivity index (χ4n) is 1.92. The average Bonchev–Trinajstić information content (AvgIpc) is 2.38. The van der Waals surface area contributed by atoms with Gasteiger partial charge < -0.3 is 5.32 Å². The minimum Gasteiger partial charge on any atom is -0.368 e. The van der Waals surface area contributed by atoms with Crippen LogP contribution in [0.1, 0.15) is 35.5 Å². The molecular formula is C16H18N2O. The summed E-state index contributed by atoms with van der Waals surface area (Å²) in [6.45, 7) is 5.97. The maximum absolute atomic E-state index is 12.3. The van der Waals surface area contributed by atoms with Crippen molar-refractivity contribution in [3.63, 3.8) is 0 Å². The molecule has 2 aromatic rings. The number of benzene rings is 1. The quantitative estimate of drug-likeness (QED) is 0.850. The van der Waals surface area contributed by atoms with Gasteiger partial charge in [0.25, 0.3) is 0 Å². The summed E-state index contributed by atoms with van der Waals surface area (Å²) in [5.74, 6) is 0.818. The molecule has 2 rings (SSSR count). The van der Waals surface area contributed by atoms with Crippen molar-refractivity contribution < 1.29 is 4.79 Å². The standard InChI is InChI=1S/C16H18N2O/c1-11(2)17-15-10-9-14(12(3)18-15)16(19)13-7-5-4-6-8-13/h4-11H,1-3H3,(H,17,18). The van der Waals surface area contributed by atoms with E-state index in [9.17, 15) is 4.79 Å². The summed E-state index contributed by atoms with van der Waals surface area (Å²) in [5, 5.41) is 3.23. The third-order valence-electron chi connectivity index (χ3n) is 2.80. The summed E-state index contributed by atoms with van der Waals surface area (Å²) in [7, 11) is 0. The molecule has 0 atom stereocenters. The van der Waals surface area contributed by atoms with Gasteiger partial charge in [-0.1, -0.05) is 30.3 Å². The lowest BCUT2D eigenvalue weighted by atomic mass is 10.0. The first kappa shape index (κ1) is 13.3. The van der Waals surface area contributed by atoms with E-state index in [-0.39, 0.29) is 5.78 Å². The van der Waals surface area contributed by atoms with Gasteiger partial charge in [0, 0.05) is 17.2 Å². The molecule has 3 nitrogen and oxygen atoms in total. The van der Waals surface area contributed by atoms with Crippen LogP contribution in [-0.2, 0) is 0 Å². The van der Waals surface area contributed by atoms with E-state index in [1.165, 1.54) is 0 Å². The van der Waals surface area contributed by atoms with Crippen LogP contribution in [0.5, 0.6) is 0 Å². The van der Waals surface area contributed by atoms with Gasteiger partial charge in [-0.2, -0.15) is 0 Å². The fraction of sp³-hybridized carbons (Fsp3) is 0.250. The highest BCUT2D eigenvalue weighted by Crippen LogP contribution is 2.15. The molecular weight excluding hydrogens is 236 g/mol. The molecule has 0 spiro atoms. The van der Waals surface area contributed by atoms with Gasteiger partial charge in [0.1, 0.15) is 5.82 Å². The summed E-state index contributed by atoms with van der Waals surface area (Å²) in [4.78, 5) is 16.8. The minimum absolute atomic E-state index is 0.0155. The molecule has 0 fully saturated rings. The summed E-state index contributed by atoms with van der Waals surface area (Å²) >= 11 is 0. The summed E-state index contributed by atoms with van der Waals surface area (Å²) in [5.41, 5.74) is 2.09. The Morgan fingerprint density at radius 2 is 1.79 bits per heavy atom. The van der Waals surface area contributed by atoms with Crippen LogP contribution in [0.4, 0.5) is 5.82 Å². The zero-order chi connectivity index (χ0) is 13.8. The Labute approximate surface area is 113 Å². The SMILES string of the molecule is Cc1nc(NC(C)C)ccc1C(=O)c1ccccc1.